The highest BCUT2D eigenvalue weighted by Gasteiger charge is 2.24. The fourth-order valence-corrected chi connectivity index (χ4v) is 8.51. The second-order valence-corrected chi connectivity index (χ2v) is 19.9. The number of carbonyl (C=O) groups excluding carboxylic acids is 2. The lowest BCUT2D eigenvalue weighted by molar-refractivity contribution is -0.161. The predicted molar refractivity (Wildman–Crippen MR) is 267 cm³/mol. The molecule has 0 bridgehead atoms. The van der Waals surface area contributed by atoms with Crippen LogP contribution in [-0.2, 0) is 32.7 Å². The summed E-state index contributed by atoms with van der Waals surface area (Å²) >= 11 is 0. The Morgan fingerprint density at radius 1 is 0.444 bits per heavy atom. The molecule has 0 aromatic heterocycles. The van der Waals surface area contributed by atoms with Gasteiger partial charge in [-0.1, -0.05) is 250 Å². The van der Waals surface area contributed by atoms with Crippen LogP contribution in [0.5, 0.6) is 0 Å². The van der Waals surface area contributed by atoms with E-state index in [1.165, 1.54) is 212 Å². The maximum absolute atomic E-state index is 12.6. The molecule has 0 amide bonds. The van der Waals surface area contributed by atoms with Crippen LogP contribution in [0.4, 0.5) is 0 Å². The van der Waals surface area contributed by atoms with Gasteiger partial charge in [-0.15, -0.1) is 0 Å². The summed E-state index contributed by atoms with van der Waals surface area (Å²) in [6, 6.07) is 0. The number of hydrogen-bond acceptors (Lipinski definition) is 7. The Bertz CT molecular complexity index is 1080. The van der Waals surface area contributed by atoms with Gasteiger partial charge in [-0.25, -0.2) is 4.57 Å². The number of unbranched alkanes of at least 4 members (excludes halogenated alkanes) is 36. The maximum Gasteiger partial charge on any atom is 0.472 e. The zero-order chi connectivity index (χ0) is 46.0. The van der Waals surface area contributed by atoms with Crippen molar-refractivity contribution >= 4 is 19.8 Å². The van der Waals surface area contributed by atoms with Gasteiger partial charge in [0.1, 0.15) is 6.61 Å². The second-order valence-electron chi connectivity index (χ2n) is 18.4. The predicted octanol–water partition coefficient (Wildman–Crippen LogP) is 17.7. The molecule has 0 aliphatic carbocycles. The molecule has 9 heteroatoms. The molecule has 372 valence electrons. The summed E-state index contributed by atoms with van der Waals surface area (Å²) in [4.78, 5) is 34.7. The minimum absolute atomic E-state index is 0.220. The van der Waals surface area contributed by atoms with Crippen molar-refractivity contribution < 1.29 is 37.6 Å². The first-order chi connectivity index (χ1) is 30.8. The molecule has 0 aromatic rings. The van der Waals surface area contributed by atoms with Crippen LogP contribution in [0, 0.1) is 0 Å². The summed E-state index contributed by atoms with van der Waals surface area (Å²) < 4.78 is 32.2. The summed E-state index contributed by atoms with van der Waals surface area (Å²) in [5.41, 5.74) is 0. The lowest BCUT2D eigenvalue weighted by Crippen LogP contribution is -2.29. The van der Waals surface area contributed by atoms with Crippen molar-refractivity contribution in [1.82, 2.24) is 0 Å². The average molecular weight is 911 g/mol. The smallest absolute Gasteiger partial charge is 0.462 e. The summed E-state index contributed by atoms with van der Waals surface area (Å²) in [5, 5.41) is 0. The van der Waals surface area contributed by atoms with Gasteiger partial charge in [0, 0.05) is 20.0 Å². The number of carbonyl (C=O) groups is 2. The van der Waals surface area contributed by atoms with Crippen LogP contribution in [0.25, 0.3) is 0 Å². The average Bonchev–Trinajstić information content (AvgIpc) is 3.28. The quantitative estimate of drug-likeness (QED) is 0.0278. The molecule has 1 N–H and O–H groups in total. The van der Waals surface area contributed by atoms with Gasteiger partial charge in [0.05, 0.1) is 6.61 Å². The van der Waals surface area contributed by atoms with Crippen molar-refractivity contribution in [1.29, 1.82) is 0 Å². The molecule has 0 heterocycles. The first kappa shape index (κ1) is 61.5. The Hall–Kier alpha value is -1.47. The number of hydrogen-bond donors (Lipinski definition) is 1. The standard InChI is InChI=1S/C54H103O8P/c1-4-6-8-10-12-14-16-18-20-22-24-26-27-29-31-33-35-37-39-41-43-45-47-49-54(56)62-52(51-61-63(57,58)59-3)50-60-53(55)48-46-44-42-40-38-36-34-32-30-28-25-23-21-19-17-15-13-11-9-7-5-2/h16,18,22,24,52H,4-15,17,19-21,23,25-51H2,1-3H3,(H,57,58)/b18-16-,24-22-. The number of allylic oxidation sites excluding steroid dienone is 4. The topological polar surface area (TPSA) is 108 Å². The zero-order valence-electron chi connectivity index (χ0n) is 41.8. The third-order valence-electron chi connectivity index (χ3n) is 12.2. The molecule has 0 aromatic carbocycles. The van der Waals surface area contributed by atoms with Gasteiger partial charge in [0.15, 0.2) is 6.10 Å². The van der Waals surface area contributed by atoms with Gasteiger partial charge in [0.25, 0.3) is 0 Å². The van der Waals surface area contributed by atoms with Crippen molar-refractivity contribution in [3.63, 3.8) is 0 Å². The summed E-state index contributed by atoms with van der Waals surface area (Å²) in [6.07, 6.45) is 59.6. The molecule has 0 spiro atoms. The zero-order valence-corrected chi connectivity index (χ0v) is 42.6. The van der Waals surface area contributed by atoms with Crippen LogP contribution in [0.2, 0.25) is 0 Å². The van der Waals surface area contributed by atoms with Crippen LogP contribution < -0.4 is 0 Å². The monoisotopic (exact) mass is 911 g/mol. The SMILES string of the molecule is CCCCCCC/C=C\C/C=C\CCCCCCCCCCCCCC(=O)OC(COC(=O)CCCCCCCCCCCCCCCCCCCCCCC)COP(=O)(O)OC. The highest BCUT2D eigenvalue weighted by atomic mass is 31.2. The Labute approximate surface area is 390 Å². The summed E-state index contributed by atoms with van der Waals surface area (Å²) in [7, 11) is -3.20. The third-order valence-corrected chi connectivity index (χ3v) is 13.1. The molecule has 0 rings (SSSR count). The van der Waals surface area contributed by atoms with Crippen LogP contribution in [0.3, 0.4) is 0 Å². The Morgan fingerprint density at radius 3 is 1.11 bits per heavy atom. The lowest BCUT2D eigenvalue weighted by atomic mass is 10.0. The molecule has 2 unspecified atom stereocenters. The number of rotatable bonds is 51. The van der Waals surface area contributed by atoms with E-state index in [4.69, 9.17) is 14.0 Å². The van der Waals surface area contributed by atoms with Crippen LogP contribution in [0.1, 0.15) is 284 Å². The number of phosphoric ester groups is 1. The molecule has 0 saturated carbocycles. The van der Waals surface area contributed by atoms with Crippen molar-refractivity contribution in [2.75, 3.05) is 20.3 Å². The normalized spacial score (nSPS) is 13.3. The largest absolute Gasteiger partial charge is 0.472 e. The molecule has 0 fully saturated rings. The fraction of sp³-hybridized carbons (Fsp3) is 0.889. The minimum atomic E-state index is -4.27. The minimum Gasteiger partial charge on any atom is -0.462 e. The van der Waals surface area contributed by atoms with Crippen molar-refractivity contribution in [3.8, 4) is 0 Å². The van der Waals surface area contributed by atoms with Gasteiger partial charge < -0.3 is 14.4 Å². The second kappa shape index (κ2) is 50.0. The molecule has 0 aliphatic heterocycles. The molecule has 63 heavy (non-hydrogen) atoms. The number of esters is 2. The lowest BCUT2D eigenvalue weighted by Gasteiger charge is -2.19. The van der Waals surface area contributed by atoms with Gasteiger partial charge in [-0.2, -0.15) is 0 Å². The van der Waals surface area contributed by atoms with Crippen LogP contribution in [0.15, 0.2) is 24.3 Å². The molecule has 8 nitrogen and oxygen atoms in total. The number of ether oxygens (including phenoxy) is 2. The highest BCUT2D eigenvalue weighted by Crippen LogP contribution is 2.42. The van der Waals surface area contributed by atoms with Crippen molar-refractivity contribution in [2.24, 2.45) is 0 Å². The van der Waals surface area contributed by atoms with E-state index in [2.05, 4.69) is 42.7 Å². The molecule has 0 radical (unpaired) electrons. The van der Waals surface area contributed by atoms with E-state index in [0.717, 1.165) is 45.6 Å². The summed E-state index contributed by atoms with van der Waals surface area (Å²) in [6.45, 7) is 3.93. The molecule has 2 atom stereocenters. The molecular weight excluding hydrogens is 808 g/mol. The van der Waals surface area contributed by atoms with Crippen LogP contribution in [-0.4, -0.2) is 43.3 Å². The van der Waals surface area contributed by atoms with Crippen molar-refractivity contribution in [3.05, 3.63) is 24.3 Å². The van der Waals surface area contributed by atoms with E-state index < -0.39 is 26.5 Å². The Morgan fingerprint density at radius 2 is 0.762 bits per heavy atom. The van der Waals surface area contributed by atoms with Crippen LogP contribution >= 0.6 is 7.82 Å². The fourth-order valence-electron chi connectivity index (χ4n) is 8.05. The number of phosphoric acid groups is 1. The molecular formula is C54H103O8P. The van der Waals surface area contributed by atoms with Gasteiger partial charge in [-0.3, -0.25) is 18.6 Å². The van der Waals surface area contributed by atoms with E-state index in [0.29, 0.717) is 12.8 Å². The van der Waals surface area contributed by atoms with Gasteiger partial charge >= 0.3 is 19.8 Å². The van der Waals surface area contributed by atoms with Crippen molar-refractivity contribution in [2.45, 2.75) is 290 Å². The first-order valence-electron chi connectivity index (χ1n) is 27.0. The summed E-state index contributed by atoms with van der Waals surface area (Å²) in [5.74, 6) is -0.789. The highest BCUT2D eigenvalue weighted by molar-refractivity contribution is 7.47. The third kappa shape index (κ3) is 49.8. The molecule has 0 aliphatic rings. The van der Waals surface area contributed by atoms with Gasteiger partial charge in [-0.05, 0) is 44.9 Å². The van der Waals surface area contributed by atoms with E-state index in [1.54, 1.807) is 0 Å². The van der Waals surface area contributed by atoms with E-state index in [9.17, 15) is 19.0 Å². The molecule has 0 saturated heterocycles. The Balaban J connectivity index is 3.84. The van der Waals surface area contributed by atoms with Gasteiger partial charge in [0.2, 0.25) is 0 Å². The maximum atomic E-state index is 12.6. The Kier molecular flexibility index (Phi) is 48.8. The first-order valence-corrected chi connectivity index (χ1v) is 28.5. The van der Waals surface area contributed by atoms with E-state index in [1.807, 2.05) is 0 Å². The van der Waals surface area contributed by atoms with E-state index in [-0.39, 0.29) is 19.0 Å². The van der Waals surface area contributed by atoms with E-state index >= 15 is 0 Å².